The number of ether oxygens (including phenoxy) is 1. The Bertz CT molecular complexity index is 310. The van der Waals surface area contributed by atoms with E-state index in [9.17, 15) is 9.59 Å². The van der Waals surface area contributed by atoms with Crippen LogP contribution in [0.15, 0.2) is 0 Å². The Hall–Kier alpha value is -1.14. The molecule has 1 aliphatic carbocycles. The van der Waals surface area contributed by atoms with Crippen molar-refractivity contribution in [3.05, 3.63) is 0 Å². The van der Waals surface area contributed by atoms with Gasteiger partial charge in [-0.3, -0.25) is 9.59 Å². The van der Waals surface area contributed by atoms with Gasteiger partial charge in [-0.1, -0.05) is 19.3 Å². The van der Waals surface area contributed by atoms with Crippen LogP contribution in [0.25, 0.3) is 0 Å². The van der Waals surface area contributed by atoms with E-state index in [0.29, 0.717) is 6.54 Å². The molecule has 0 aliphatic heterocycles. The molecule has 1 aliphatic rings. The van der Waals surface area contributed by atoms with Crippen molar-refractivity contribution in [3.63, 3.8) is 0 Å². The van der Waals surface area contributed by atoms with E-state index >= 15 is 0 Å². The zero-order chi connectivity index (χ0) is 14.3. The summed E-state index contributed by atoms with van der Waals surface area (Å²) in [5.41, 5.74) is 5.11. The number of carboxylic acids is 1. The number of methoxy groups -OCH3 is 1. The predicted molar refractivity (Wildman–Crippen MR) is 70.6 cm³/mol. The van der Waals surface area contributed by atoms with Crippen molar-refractivity contribution in [1.29, 1.82) is 0 Å². The molecule has 19 heavy (non-hydrogen) atoms. The molecular formula is C13H24N2O4. The van der Waals surface area contributed by atoms with Gasteiger partial charge in [-0.25, -0.2) is 0 Å². The highest BCUT2D eigenvalue weighted by molar-refractivity contribution is 5.81. The number of carbonyl (C=O) groups excluding carboxylic acids is 1. The van der Waals surface area contributed by atoms with Crippen LogP contribution in [0, 0.1) is 5.41 Å². The van der Waals surface area contributed by atoms with E-state index in [4.69, 9.17) is 15.6 Å². The zero-order valence-electron chi connectivity index (χ0n) is 11.5. The monoisotopic (exact) mass is 272 g/mol. The van der Waals surface area contributed by atoms with Crippen molar-refractivity contribution in [1.82, 2.24) is 5.32 Å². The molecule has 0 saturated heterocycles. The minimum atomic E-state index is -0.807. The number of rotatable bonds is 7. The second kappa shape index (κ2) is 7.45. The first kappa shape index (κ1) is 15.9. The summed E-state index contributed by atoms with van der Waals surface area (Å²) in [4.78, 5) is 22.8. The molecule has 1 fully saturated rings. The maximum atomic E-state index is 11.8. The molecule has 0 radical (unpaired) electrons. The van der Waals surface area contributed by atoms with Gasteiger partial charge in [0.1, 0.15) is 6.10 Å². The topological polar surface area (TPSA) is 102 Å². The SMILES string of the molecule is COC(CN)C(=O)NCC1(CC(=O)O)CCCCC1. The van der Waals surface area contributed by atoms with E-state index < -0.39 is 12.1 Å². The number of nitrogens with one attached hydrogen (secondary N) is 1. The van der Waals surface area contributed by atoms with Gasteiger partial charge in [0.2, 0.25) is 5.91 Å². The Labute approximate surface area is 113 Å². The molecule has 1 unspecified atom stereocenters. The Morgan fingerprint density at radius 3 is 2.47 bits per heavy atom. The summed E-state index contributed by atoms with van der Waals surface area (Å²) >= 11 is 0. The van der Waals surface area contributed by atoms with Gasteiger partial charge in [0, 0.05) is 20.2 Å². The highest BCUT2D eigenvalue weighted by Crippen LogP contribution is 2.38. The number of nitrogens with two attached hydrogens (primary N) is 1. The van der Waals surface area contributed by atoms with Crippen molar-refractivity contribution >= 4 is 11.9 Å². The molecule has 1 amide bonds. The van der Waals surface area contributed by atoms with Gasteiger partial charge in [-0.15, -0.1) is 0 Å². The number of hydrogen-bond donors (Lipinski definition) is 3. The molecule has 6 heteroatoms. The van der Waals surface area contributed by atoms with E-state index in [1.807, 2.05) is 0 Å². The second-order valence-electron chi connectivity index (χ2n) is 5.31. The summed E-state index contributed by atoms with van der Waals surface area (Å²) in [7, 11) is 1.44. The predicted octanol–water partition coefficient (Wildman–Crippen LogP) is 0.502. The van der Waals surface area contributed by atoms with Crippen LogP contribution >= 0.6 is 0 Å². The van der Waals surface area contributed by atoms with Crippen LogP contribution in [0.3, 0.4) is 0 Å². The highest BCUT2D eigenvalue weighted by Gasteiger charge is 2.35. The maximum Gasteiger partial charge on any atom is 0.303 e. The lowest BCUT2D eigenvalue weighted by Gasteiger charge is -2.36. The van der Waals surface area contributed by atoms with Crippen molar-refractivity contribution in [2.75, 3.05) is 20.2 Å². The lowest BCUT2D eigenvalue weighted by Crippen LogP contribution is -2.46. The first-order valence-corrected chi connectivity index (χ1v) is 6.75. The van der Waals surface area contributed by atoms with E-state index in [1.165, 1.54) is 7.11 Å². The lowest BCUT2D eigenvalue weighted by atomic mass is 9.71. The Morgan fingerprint density at radius 1 is 1.37 bits per heavy atom. The summed E-state index contributed by atoms with van der Waals surface area (Å²) in [5, 5.41) is 11.8. The fourth-order valence-electron chi connectivity index (χ4n) is 2.74. The number of carbonyl (C=O) groups is 2. The molecule has 110 valence electrons. The van der Waals surface area contributed by atoms with Gasteiger partial charge in [0.25, 0.3) is 0 Å². The molecular weight excluding hydrogens is 248 g/mol. The zero-order valence-corrected chi connectivity index (χ0v) is 11.5. The molecule has 0 heterocycles. The third kappa shape index (κ3) is 4.80. The largest absolute Gasteiger partial charge is 0.481 e. The van der Waals surface area contributed by atoms with Gasteiger partial charge in [-0.2, -0.15) is 0 Å². The summed E-state index contributed by atoms with van der Waals surface area (Å²) in [6.45, 7) is 0.506. The molecule has 0 spiro atoms. The number of carboxylic acid groups (broad SMARTS) is 1. The van der Waals surface area contributed by atoms with E-state index in [-0.39, 0.29) is 24.3 Å². The molecule has 0 aromatic rings. The highest BCUT2D eigenvalue weighted by atomic mass is 16.5. The van der Waals surface area contributed by atoms with Crippen molar-refractivity contribution in [3.8, 4) is 0 Å². The van der Waals surface area contributed by atoms with Gasteiger partial charge >= 0.3 is 5.97 Å². The quantitative estimate of drug-likeness (QED) is 0.626. The van der Waals surface area contributed by atoms with Crippen LogP contribution < -0.4 is 11.1 Å². The van der Waals surface area contributed by atoms with E-state index in [2.05, 4.69) is 5.32 Å². The van der Waals surface area contributed by atoms with Crippen LogP contribution in [0.4, 0.5) is 0 Å². The number of amides is 1. The van der Waals surface area contributed by atoms with Gasteiger partial charge in [-0.05, 0) is 18.3 Å². The van der Waals surface area contributed by atoms with Crippen molar-refractivity contribution < 1.29 is 19.4 Å². The van der Waals surface area contributed by atoms with Crippen molar-refractivity contribution in [2.45, 2.75) is 44.6 Å². The first-order chi connectivity index (χ1) is 9.03. The summed E-state index contributed by atoms with van der Waals surface area (Å²) in [5.74, 6) is -1.07. The van der Waals surface area contributed by atoms with Crippen LogP contribution in [-0.4, -0.2) is 43.3 Å². The van der Waals surface area contributed by atoms with Gasteiger partial charge in [0.05, 0.1) is 6.42 Å². The Kier molecular flexibility index (Phi) is 6.24. The normalized spacial score (nSPS) is 19.7. The van der Waals surface area contributed by atoms with Crippen molar-refractivity contribution in [2.24, 2.45) is 11.1 Å². The minimum absolute atomic E-state index is 0.105. The molecule has 0 bridgehead atoms. The van der Waals surface area contributed by atoms with E-state index in [0.717, 1.165) is 32.1 Å². The number of hydrogen-bond acceptors (Lipinski definition) is 4. The van der Waals surface area contributed by atoms with Crippen LogP contribution in [0.1, 0.15) is 38.5 Å². The summed E-state index contributed by atoms with van der Waals surface area (Å²) < 4.78 is 4.96. The third-order valence-electron chi connectivity index (χ3n) is 3.87. The molecule has 0 aromatic carbocycles. The fraction of sp³-hybridized carbons (Fsp3) is 0.846. The van der Waals surface area contributed by atoms with Crippen LogP contribution in [0.5, 0.6) is 0 Å². The third-order valence-corrected chi connectivity index (χ3v) is 3.87. The Balaban J connectivity index is 2.57. The van der Waals surface area contributed by atoms with Crippen LogP contribution in [0.2, 0.25) is 0 Å². The average molecular weight is 272 g/mol. The first-order valence-electron chi connectivity index (χ1n) is 6.75. The van der Waals surface area contributed by atoms with Gasteiger partial charge in [0.15, 0.2) is 0 Å². The van der Waals surface area contributed by atoms with Gasteiger partial charge < -0.3 is 20.9 Å². The fourth-order valence-corrected chi connectivity index (χ4v) is 2.74. The minimum Gasteiger partial charge on any atom is -0.481 e. The lowest BCUT2D eigenvalue weighted by molar-refractivity contribution is -0.141. The standard InChI is InChI=1S/C13H24N2O4/c1-19-10(8-14)12(18)15-9-13(7-11(16)17)5-3-2-4-6-13/h10H,2-9,14H2,1H3,(H,15,18)(H,16,17). The molecule has 4 N–H and O–H groups in total. The summed E-state index contributed by atoms with van der Waals surface area (Å²) in [6.07, 6.45) is 4.32. The van der Waals surface area contributed by atoms with Crippen LogP contribution in [-0.2, 0) is 14.3 Å². The Morgan fingerprint density at radius 2 is 2.00 bits per heavy atom. The molecule has 1 saturated carbocycles. The maximum absolute atomic E-state index is 11.8. The van der Waals surface area contributed by atoms with E-state index in [1.54, 1.807) is 0 Å². The average Bonchev–Trinajstić information content (AvgIpc) is 2.38. The summed E-state index contributed by atoms with van der Waals surface area (Å²) in [6, 6.07) is 0. The molecule has 0 aromatic heterocycles. The second-order valence-corrected chi connectivity index (χ2v) is 5.31. The molecule has 1 rings (SSSR count). The molecule has 1 atom stereocenters. The smallest absolute Gasteiger partial charge is 0.303 e. The number of aliphatic carboxylic acids is 1. The molecule has 6 nitrogen and oxygen atoms in total.